The van der Waals surface area contributed by atoms with Gasteiger partial charge in [-0.05, 0) is 38.5 Å². The molecule has 1 fully saturated rings. The zero-order valence-electron chi connectivity index (χ0n) is 9.30. The van der Waals surface area contributed by atoms with Crippen molar-refractivity contribution in [1.82, 2.24) is 5.32 Å². The van der Waals surface area contributed by atoms with Gasteiger partial charge in [-0.25, -0.2) is 0 Å². The second kappa shape index (κ2) is 7.02. The molecule has 2 nitrogen and oxygen atoms in total. The van der Waals surface area contributed by atoms with Crippen LogP contribution in [-0.2, 0) is 4.74 Å². The zero-order valence-corrected chi connectivity index (χ0v) is 9.30. The number of hydrogen-bond acceptors (Lipinski definition) is 2. The molecule has 0 aromatic heterocycles. The maximum Gasteiger partial charge on any atom is 0.0591 e. The minimum absolute atomic E-state index is 0.687. The van der Waals surface area contributed by atoms with Crippen LogP contribution in [0.5, 0.6) is 0 Å². The van der Waals surface area contributed by atoms with Gasteiger partial charge < -0.3 is 10.1 Å². The zero-order chi connectivity index (χ0) is 10.2. The third-order valence-corrected chi connectivity index (χ3v) is 2.74. The predicted molar refractivity (Wildman–Crippen MR) is 60.4 cm³/mol. The van der Waals surface area contributed by atoms with Crippen molar-refractivity contribution in [2.45, 2.75) is 38.6 Å². The van der Waals surface area contributed by atoms with Crippen molar-refractivity contribution < 1.29 is 4.74 Å². The lowest BCUT2D eigenvalue weighted by atomic mass is 10.2. The number of allylic oxidation sites excluding steroid dienone is 1. The maximum atomic E-state index is 5.48. The molecule has 14 heavy (non-hydrogen) atoms. The fourth-order valence-electron chi connectivity index (χ4n) is 1.55. The van der Waals surface area contributed by atoms with Gasteiger partial charge in [0.15, 0.2) is 0 Å². The highest BCUT2D eigenvalue weighted by Gasteiger charge is 2.26. The van der Waals surface area contributed by atoms with Gasteiger partial charge >= 0.3 is 0 Å². The first-order valence-electron chi connectivity index (χ1n) is 5.76. The fourth-order valence-corrected chi connectivity index (χ4v) is 1.55. The summed E-state index contributed by atoms with van der Waals surface area (Å²) in [5, 5.41) is 3.49. The topological polar surface area (TPSA) is 21.3 Å². The van der Waals surface area contributed by atoms with Crippen LogP contribution in [0, 0.1) is 5.92 Å². The molecule has 1 aliphatic carbocycles. The molecule has 0 saturated heterocycles. The van der Waals surface area contributed by atoms with Crippen LogP contribution >= 0.6 is 0 Å². The van der Waals surface area contributed by atoms with E-state index in [4.69, 9.17) is 4.74 Å². The van der Waals surface area contributed by atoms with Gasteiger partial charge in [-0.2, -0.15) is 0 Å². The molecule has 0 spiro atoms. The van der Waals surface area contributed by atoms with Crippen molar-refractivity contribution in [2.75, 3.05) is 19.8 Å². The molecule has 1 atom stereocenters. The minimum Gasteiger partial charge on any atom is -0.380 e. The lowest BCUT2D eigenvalue weighted by molar-refractivity contribution is 0.132. The van der Waals surface area contributed by atoms with Gasteiger partial charge in [0, 0.05) is 19.2 Å². The van der Waals surface area contributed by atoms with Crippen LogP contribution < -0.4 is 5.32 Å². The van der Waals surface area contributed by atoms with E-state index in [1.165, 1.54) is 12.8 Å². The smallest absolute Gasteiger partial charge is 0.0591 e. The number of unbranched alkanes of at least 4 members (excludes halogenated alkanes) is 1. The normalized spacial score (nSPS) is 18.1. The van der Waals surface area contributed by atoms with Crippen LogP contribution in [0.25, 0.3) is 0 Å². The van der Waals surface area contributed by atoms with E-state index in [0.717, 1.165) is 38.5 Å². The van der Waals surface area contributed by atoms with E-state index in [0.29, 0.717) is 6.04 Å². The molecular formula is C12H23NO. The van der Waals surface area contributed by atoms with E-state index < -0.39 is 0 Å². The second-order valence-corrected chi connectivity index (χ2v) is 4.12. The van der Waals surface area contributed by atoms with Crippen LogP contribution in [0.2, 0.25) is 0 Å². The first-order valence-corrected chi connectivity index (χ1v) is 5.76. The Morgan fingerprint density at radius 3 is 2.93 bits per heavy atom. The van der Waals surface area contributed by atoms with Crippen LogP contribution in [0.15, 0.2) is 12.7 Å². The fraction of sp³-hybridized carbons (Fsp3) is 0.833. The summed E-state index contributed by atoms with van der Waals surface area (Å²) in [6, 6.07) is 0.687. The Bertz CT molecular complexity index is 154. The highest BCUT2D eigenvalue weighted by molar-refractivity contribution is 4.82. The summed E-state index contributed by atoms with van der Waals surface area (Å²) in [4.78, 5) is 0. The number of rotatable bonds is 9. The highest BCUT2D eigenvalue weighted by Crippen LogP contribution is 2.32. The molecule has 0 radical (unpaired) electrons. The number of hydrogen-bond donors (Lipinski definition) is 1. The largest absolute Gasteiger partial charge is 0.380 e. The van der Waals surface area contributed by atoms with E-state index in [2.05, 4.69) is 18.8 Å². The Labute approximate surface area is 87.7 Å². The van der Waals surface area contributed by atoms with Crippen molar-refractivity contribution in [3.8, 4) is 0 Å². The Balaban J connectivity index is 1.77. The molecule has 1 N–H and O–H groups in total. The SMILES string of the molecule is C=CCCCOCCNC(C)C1CC1. The van der Waals surface area contributed by atoms with Crippen LogP contribution in [0.4, 0.5) is 0 Å². The van der Waals surface area contributed by atoms with E-state index in [1.807, 2.05) is 6.08 Å². The maximum absolute atomic E-state index is 5.48. The first-order chi connectivity index (χ1) is 6.84. The quantitative estimate of drug-likeness (QED) is 0.452. The Hall–Kier alpha value is -0.340. The molecule has 1 unspecified atom stereocenters. The molecule has 0 aromatic carbocycles. The molecule has 1 aliphatic rings. The molecule has 0 heterocycles. The van der Waals surface area contributed by atoms with Crippen LogP contribution in [-0.4, -0.2) is 25.8 Å². The summed E-state index contributed by atoms with van der Waals surface area (Å²) in [6.07, 6.45) is 6.92. The highest BCUT2D eigenvalue weighted by atomic mass is 16.5. The monoisotopic (exact) mass is 197 g/mol. The Kier molecular flexibility index (Phi) is 5.88. The van der Waals surface area contributed by atoms with Crippen molar-refractivity contribution in [3.63, 3.8) is 0 Å². The molecule has 0 bridgehead atoms. The van der Waals surface area contributed by atoms with Gasteiger partial charge in [0.1, 0.15) is 0 Å². The van der Waals surface area contributed by atoms with E-state index >= 15 is 0 Å². The average Bonchev–Trinajstić information content (AvgIpc) is 2.99. The summed E-state index contributed by atoms with van der Waals surface area (Å²) in [5.41, 5.74) is 0. The number of nitrogens with one attached hydrogen (secondary N) is 1. The van der Waals surface area contributed by atoms with E-state index in [-0.39, 0.29) is 0 Å². The molecule has 0 aliphatic heterocycles. The van der Waals surface area contributed by atoms with Gasteiger partial charge in [-0.1, -0.05) is 6.08 Å². The predicted octanol–water partition coefficient (Wildman–Crippen LogP) is 2.36. The van der Waals surface area contributed by atoms with Crippen molar-refractivity contribution in [2.24, 2.45) is 5.92 Å². The summed E-state index contributed by atoms with van der Waals surface area (Å²) in [6.45, 7) is 8.65. The second-order valence-electron chi connectivity index (χ2n) is 4.12. The molecular weight excluding hydrogens is 174 g/mol. The summed E-state index contributed by atoms with van der Waals surface area (Å²) < 4.78 is 5.48. The van der Waals surface area contributed by atoms with Crippen molar-refractivity contribution in [3.05, 3.63) is 12.7 Å². The van der Waals surface area contributed by atoms with E-state index in [9.17, 15) is 0 Å². The average molecular weight is 197 g/mol. The third-order valence-electron chi connectivity index (χ3n) is 2.74. The molecule has 1 saturated carbocycles. The third kappa shape index (κ3) is 5.40. The van der Waals surface area contributed by atoms with Gasteiger partial charge in [-0.3, -0.25) is 0 Å². The van der Waals surface area contributed by atoms with Gasteiger partial charge in [0.25, 0.3) is 0 Å². The van der Waals surface area contributed by atoms with Gasteiger partial charge in [0.2, 0.25) is 0 Å². The van der Waals surface area contributed by atoms with Crippen molar-refractivity contribution >= 4 is 0 Å². The summed E-state index contributed by atoms with van der Waals surface area (Å²) >= 11 is 0. The molecule has 1 rings (SSSR count). The van der Waals surface area contributed by atoms with Crippen molar-refractivity contribution in [1.29, 1.82) is 0 Å². The lowest BCUT2D eigenvalue weighted by Gasteiger charge is -2.12. The first kappa shape index (κ1) is 11.7. The lowest BCUT2D eigenvalue weighted by Crippen LogP contribution is -2.31. The Morgan fingerprint density at radius 2 is 2.29 bits per heavy atom. The van der Waals surface area contributed by atoms with E-state index in [1.54, 1.807) is 0 Å². The standard InChI is InChI=1S/C12H23NO/c1-3-4-5-9-14-10-8-13-11(2)12-6-7-12/h3,11-13H,1,4-10H2,2H3. The molecule has 0 aromatic rings. The van der Waals surface area contributed by atoms with Gasteiger partial charge in [0.05, 0.1) is 6.61 Å². The number of ether oxygens (including phenoxy) is 1. The molecule has 0 amide bonds. The Morgan fingerprint density at radius 1 is 1.50 bits per heavy atom. The summed E-state index contributed by atoms with van der Waals surface area (Å²) in [7, 11) is 0. The van der Waals surface area contributed by atoms with Gasteiger partial charge in [-0.15, -0.1) is 6.58 Å². The minimum atomic E-state index is 0.687. The molecule has 2 heteroatoms. The van der Waals surface area contributed by atoms with Crippen LogP contribution in [0.3, 0.4) is 0 Å². The molecule has 82 valence electrons. The summed E-state index contributed by atoms with van der Waals surface area (Å²) in [5.74, 6) is 0.941. The van der Waals surface area contributed by atoms with Crippen LogP contribution in [0.1, 0.15) is 32.6 Å².